The quantitative estimate of drug-likeness (QED) is 0.479. The van der Waals surface area contributed by atoms with Crippen molar-refractivity contribution < 1.29 is 9.59 Å². The zero-order valence-electron chi connectivity index (χ0n) is 14.4. The molecule has 138 valence electrons. The summed E-state index contributed by atoms with van der Waals surface area (Å²) in [7, 11) is 0. The number of carbonyl (C=O) groups is 2. The van der Waals surface area contributed by atoms with E-state index in [-0.39, 0.29) is 11.7 Å². The van der Waals surface area contributed by atoms with Gasteiger partial charge in [-0.25, -0.2) is 4.98 Å². The number of rotatable bonds is 5. The van der Waals surface area contributed by atoms with Crippen LogP contribution >= 0.6 is 34.7 Å². The van der Waals surface area contributed by atoms with Crippen molar-refractivity contribution in [2.75, 3.05) is 5.75 Å². The molecule has 0 aliphatic carbocycles. The highest BCUT2D eigenvalue weighted by Crippen LogP contribution is 2.28. The van der Waals surface area contributed by atoms with Gasteiger partial charge < -0.3 is 0 Å². The molecule has 1 aromatic heterocycles. The number of thioether (sulfide) groups is 1. The summed E-state index contributed by atoms with van der Waals surface area (Å²) < 4.78 is 0.796. The summed E-state index contributed by atoms with van der Waals surface area (Å²) in [5.74, 6) is -0.558. The number of aromatic nitrogens is 1. The van der Waals surface area contributed by atoms with E-state index in [1.54, 1.807) is 24.3 Å². The van der Waals surface area contributed by atoms with E-state index in [2.05, 4.69) is 15.8 Å². The van der Waals surface area contributed by atoms with E-state index in [1.165, 1.54) is 28.7 Å². The number of thiazole rings is 1. The Labute approximate surface area is 170 Å². The summed E-state index contributed by atoms with van der Waals surface area (Å²) in [6.45, 7) is 2.04. The summed E-state index contributed by atoms with van der Waals surface area (Å²) in [5, 5.41) is 2.51. The molecule has 0 spiro atoms. The summed E-state index contributed by atoms with van der Waals surface area (Å²) in [5.41, 5.74) is 8.31. The van der Waals surface area contributed by atoms with Gasteiger partial charge in [-0.3, -0.25) is 20.4 Å². The van der Waals surface area contributed by atoms with Gasteiger partial charge in [0.05, 0.1) is 11.4 Å². The molecule has 8 heteroatoms. The molecule has 0 bridgehead atoms. The molecule has 0 unspecified atom stereocenters. The third-order valence-corrected chi connectivity index (χ3v) is 5.85. The van der Waals surface area contributed by atoms with Crippen molar-refractivity contribution in [3.63, 3.8) is 0 Å². The van der Waals surface area contributed by atoms with E-state index in [9.17, 15) is 9.59 Å². The Morgan fingerprint density at radius 3 is 2.48 bits per heavy atom. The number of nitrogens with one attached hydrogen (secondary N) is 2. The molecule has 0 radical (unpaired) electrons. The standard InChI is InChI=1S/C19H16ClN3O2S2/c1-12-2-4-13(5-3-12)16-10-26-19(21-16)27-11-17(24)22-23-18(25)14-6-8-15(20)9-7-14/h2-10H,11H2,1H3,(H,22,24)(H,23,25). The molecule has 0 aliphatic heterocycles. The second kappa shape index (κ2) is 9.03. The van der Waals surface area contributed by atoms with Gasteiger partial charge in [-0.15, -0.1) is 11.3 Å². The van der Waals surface area contributed by atoms with E-state index in [1.807, 2.05) is 36.6 Å². The maximum Gasteiger partial charge on any atom is 0.269 e. The van der Waals surface area contributed by atoms with Crippen LogP contribution in [0.25, 0.3) is 11.3 Å². The summed E-state index contributed by atoms with van der Waals surface area (Å²) in [6, 6.07) is 14.5. The van der Waals surface area contributed by atoms with Gasteiger partial charge in [0.15, 0.2) is 4.34 Å². The highest BCUT2D eigenvalue weighted by atomic mass is 35.5. The Morgan fingerprint density at radius 1 is 1.07 bits per heavy atom. The minimum absolute atomic E-state index is 0.155. The van der Waals surface area contributed by atoms with Crippen LogP contribution in [-0.2, 0) is 4.79 Å². The average Bonchev–Trinajstić information content (AvgIpc) is 3.14. The first-order valence-corrected chi connectivity index (χ1v) is 10.3. The second-order valence-electron chi connectivity index (χ2n) is 5.66. The van der Waals surface area contributed by atoms with E-state index < -0.39 is 5.91 Å². The molecule has 0 fully saturated rings. The molecule has 0 saturated heterocycles. The monoisotopic (exact) mass is 417 g/mol. The molecule has 3 rings (SSSR count). The molecule has 2 N–H and O–H groups in total. The number of halogens is 1. The Morgan fingerprint density at radius 2 is 1.78 bits per heavy atom. The first-order valence-electron chi connectivity index (χ1n) is 8.01. The summed E-state index contributed by atoms with van der Waals surface area (Å²) in [4.78, 5) is 28.4. The average molecular weight is 418 g/mol. The summed E-state index contributed by atoms with van der Waals surface area (Å²) in [6.07, 6.45) is 0. The van der Waals surface area contributed by atoms with Crippen LogP contribution in [0.3, 0.4) is 0 Å². The molecule has 1 heterocycles. The lowest BCUT2D eigenvalue weighted by atomic mass is 10.1. The van der Waals surface area contributed by atoms with Crippen molar-refractivity contribution in [1.29, 1.82) is 0 Å². The normalized spacial score (nSPS) is 10.4. The molecule has 2 amide bonds. The molecular weight excluding hydrogens is 402 g/mol. The maximum atomic E-state index is 11.9. The largest absolute Gasteiger partial charge is 0.272 e. The molecule has 2 aromatic carbocycles. The van der Waals surface area contributed by atoms with Crippen LogP contribution in [0.1, 0.15) is 15.9 Å². The number of carbonyl (C=O) groups excluding carboxylic acids is 2. The lowest BCUT2D eigenvalue weighted by molar-refractivity contribution is -0.119. The van der Waals surface area contributed by atoms with Crippen molar-refractivity contribution in [2.45, 2.75) is 11.3 Å². The van der Waals surface area contributed by atoms with E-state index >= 15 is 0 Å². The third-order valence-electron chi connectivity index (χ3n) is 3.58. The minimum atomic E-state index is -0.402. The molecule has 0 saturated carbocycles. The van der Waals surface area contributed by atoms with Crippen LogP contribution in [0.2, 0.25) is 5.02 Å². The van der Waals surface area contributed by atoms with Gasteiger partial charge in [0.25, 0.3) is 5.91 Å². The van der Waals surface area contributed by atoms with Crippen molar-refractivity contribution in [1.82, 2.24) is 15.8 Å². The highest BCUT2D eigenvalue weighted by Gasteiger charge is 2.10. The van der Waals surface area contributed by atoms with Gasteiger partial charge >= 0.3 is 0 Å². The van der Waals surface area contributed by atoms with Crippen molar-refractivity contribution in [2.24, 2.45) is 0 Å². The van der Waals surface area contributed by atoms with Crippen LogP contribution in [0, 0.1) is 6.92 Å². The number of benzene rings is 2. The van der Waals surface area contributed by atoms with E-state index in [0.717, 1.165) is 15.6 Å². The van der Waals surface area contributed by atoms with E-state index in [4.69, 9.17) is 11.6 Å². The lowest BCUT2D eigenvalue weighted by Gasteiger charge is -2.06. The van der Waals surface area contributed by atoms with E-state index in [0.29, 0.717) is 10.6 Å². The second-order valence-corrected chi connectivity index (χ2v) is 8.18. The molecule has 27 heavy (non-hydrogen) atoms. The summed E-state index contributed by atoms with van der Waals surface area (Å²) >= 11 is 8.59. The number of hydrogen-bond donors (Lipinski definition) is 2. The first-order chi connectivity index (χ1) is 13.0. The van der Waals surface area contributed by atoms with Crippen LogP contribution in [0.4, 0.5) is 0 Å². The Kier molecular flexibility index (Phi) is 6.49. The third kappa shape index (κ3) is 5.56. The van der Waals surface area contributed by atoms with Crippen LogP contribution < -0.4 is 10.9 Å². The fourth-order valence-electron chi connectivity index (χ4n) is 2.14. The van der Waals surface area contributed by atoms with Gasteiger partial charge in [0, 0.05) is 21.5 Å². The fourth-order valence-corrected chi connectivity index (χ4v) is 3.90. The lowest BCUT2D eigenvalue weighted by Crippen LogP contribution is -2.42. The zero-order valence-corrected chi connectivity index (χ0v) is 16.8. The van der Waals surface area contributed by atoms with Crippen molar-refractivity contribution in [3.8, 4) is 11.3 Å². The van der Waals surface area contributed by atoms with Crippen LogP contribution in [0.15, 0.2) is 58.3 Å². The Balaban J connectivity index is 1.47. The Bertz CT molecular complexity index is 940. The van der Waals surface area contributed by atoms with Gasteiger partial charge in [-0.2, -0.15) is 0 Å². The number of amides is 2. The fraction of sp³-hybridized carbons (Fsp3) is 0.105. The van der Waals surface area contributed by atoms with Crippen molar-refractivity contribution in [3.05, 3.63) is 70.1 Å². The molecular formula is C19H16ClN3O2S2. The predicted octanol–water partition coefficient (Wildman–Crippen LogP) is 4.33. The zero-order chi connectivity index (χ0) is 19.2. The van der Waals surface area contributed by atoms with Gasteiger partial charge in [-0.1, -0.05) is 53.2 Å². The molecule has 3 aromatic rings. The van der Waals surface area contributed by atoms with Crippen LogP contribution in [0.5, 0.6) is 0 Å². The number of hydrazine groups is 1. The van der Waals surface area contributed by atoms with Crippen molar-refractivity contribution >= 4 is 46.5 Å². The Hall–Kier alpha value is -2.35. The first kappa shape index (κ1) is 19.4. The smallest absolute Gasteiger partial charge is 0.269 e. The number of nitrogens with zero attached hydrogens (tertiary/aromatic N) is 1. The number of hydrogen-bond acceptors (Lipinski definition) is 5. The molecule has 5 nitrogen and oxygen atoms in total. The topological polar surface area (TPSA) is 71.1 Å². The number of aryl methyl sites for hydroxylation is 1. The SMILES string of the molecule is Cc1ccc(-c2csc(SCC(=O)NNC(=O)c3ccc(Cl)cc3)n2)cc1. The van der Waals surface area contributed by atoms with Gasteiger partial charge in [-0.05, 0) is 31.2 Å². The maximum absolute atomic E-state index is 11.9. The predicted molar refractivity (Wildman–Crippen MR) is 110 cm³/mol. The highest BCUT2D eigenvalue weighted by molar-refractivity contribution is 8.01. The minimum Gasteiger partial charge on any atom is -0.272 e. The molecule has 0 atom stereocenters. The van der Waals surface area contributed by atoms with Crippen LogP contribution in [-0.4, -0.2) is 22.6 Å². The molecule has 0 aliphatic rings. The van der Waals surface area contributed by atoms with Gasteiger partial charge in [0.1, 0.15) is 0 Å². The van der Waals surface area contributed by atoms with Gasteiger partial charge in [0.2, 0.25) is 5.91 Å².